The molecule has 4 heteroatoms. The monoisotopic (exact) mass is 356 g/mol. The summed E-state index contributed by atoms with van der Waals surface area (Å²) in [6.45, 7) is 2.56. The topological polar surface area (TPSA) is 32.8 Å². The van der Waals surface area contributed by atoms with E-state index in [1.807, 2.05) is 11.0 Å². The molecule has 4 nitrogen and oxygen atoms in total. The number of ether oxygens (including phenoxy) is 1. The van der Waals surface area contributed by atoms with Gasteiger partial charge < -0.3 is 9.64 Å². The number of benzene rings is 1. The first-order chi connectivity index (χ1) is 12.7. The van der Waals surface area contributed by atoms with Crippen LogP contribution in [-0.4, -0.2) is 43.6 Å². The van der Waals surface area contributed by atoms with E-state index in [-0.39, 0.29) is 5.91 Å². The van der Waals surface area contributed by atoms with Gasteiger partial charge in [-0.1, -0.05) is 19.3 Å². The first-order valence-electron chi connectivity index (χ1n) is 10.5. The molecule has 0 atom stereocenters. The van der Waals surface area contributed by atoms with Crippen LogP contribution in [0.5, 0.6) is 5.75 Å². The van der Waals surface area contributed by atoms with Gasteiger partial charge in [-0.3, -0.25) is 9.69 Å². The lowest BCUT2D eigenvalue weighted by atomic mass is 9.94. The molecule has 1 amide bonds. The summed E-state index contributed by atoms with van der Waals surface area (Å²) in [6, 6.07) is 6.76. The average Bonchev–Trinajstić information content (AvgIpc) is 3.51. The summed E-state index contributed by atoms with van der Waals surface area (Å²) in [5.74, 6) is 2.00. The second-order valence-electron chi connectivity index (χ2n) is 8.31. The largest absolute Gasteiger partial charge is 0.497 e. The molecule has 2 fully saturated rings. The van der Waals surface area contributed by atoms with Crippen molar-refractivity contribution in [3.8, 4) is 5.75 Å². The number of carbonyl (C=O) groups excluding carboxylic acids is 1. The van der Waals surface area contributed by atoms with Gasteiger partial charge in [0.1, 0.15) is 5.75 Å². The van der Waals surface area contributed by atoms with Crippen LogP contribution in [0.1, 0.15) is 56.9 Å². The van der Waals surface area contributed by atoms with E-state index in [4.69, 9.17) is 4.74 Å². The molecule has 0 N–H and O–H groups in total. The highest BCUT2D eigenvalue weighted by molar-refractivity contribution is 5.96. The zero-order valence-electron chi connectivity index (χ0n) is 16.1. The van der Waals surface area contributed by atoms with E-state index < -0.39 is 0 Å². The SMILES string of the molecule is COc1ccc2c(c1)CCCN2C(=O)CN(CC1CC1)C1CCCCC1. The van der Waals surface area contributed by atoms with Gasteiger partial charge in [0.15, 0.2) is 0 Å². The molecule has 0 spiro atoms. The quantitative estimate of drug-likeness (QED) is 0.772. The molecule has 1 aromatic rings. The molecule has 1 aliphatic heterocycles. The van der Waals surface area contributed by atoms with E-state index in [9.17, 15) is 4.79 Å². The van der Waals surface area contributed by atoms with Crippen molar-refractivity contribution >= 4 is 11.6 Å². The van der Waals surface area contributed by atoms with E-state index in [0.29, 0.717) is 12.6 Å². The molecule has 0 unspecified atom stereocenters. The second-order valence-corrected chi connectivity index (χ2v) is 8.31. The van der Waals surface area contributed by atoms with Crippen LogP contribution in [0.15, 0.2) is 18.2 Å². The fourth-order valence-corrected chi connectivity index (χ4v) is 4.64. The van der Waals surface area contributed by atoms with Crippen molar-refractivity contribution in [2.45, 2.75) is 63.8 Å². The van der Waals surface area contributed by atoms with Crippen LogP contribution in [-0.2, 0) is 11.2 Å². The van der Waals surface area contributed by atoms with Crippen molar-refractivity contribution in [1.82, 2.24) is 4.90 Å². The molecule has 0 radical (unpaired) electrons. The standard InChI is InChI=1S/C22H32N2O2/c1-26-20-11-12-21-18(14-20)6-5-13-24(21)22(25)16-23(15-17-9-10-17)19-7-3-2-4-8-19/h11-12,14,17,19H,2-10,13,15-16H2,1H3. The molecule has 1 aromatic carbocycles. The van der Waals surface area contributed by atoms with Crippen LogP contribution in [0.2, 0.25) is 0 Å². The zero-order valence-corrected chi connectivity index (χ0v) is 16.1. The molecule has 0 aromatic heterocycles. The number of fused-ring (bicyclic) bond motifs is 1. The lowest BCUT2D eigenvalue weighted by molar-refractivity contribution is -0.120. The minimum Gasteiger partial charge on any atom is -0.497 e. The number of nitrogens with zero attached hydrogens (tertiary/aromatic N) is 2. The molecule has 1 heterocycles. The van der Waals surface area contributed by atoms with Gasteiger partial charge in [0.2, 0.25) is 5.91 Å². The van der Waals surface area contributed by atoms with Crippen LogP contribution in [0.3, 0.4) is 0 Å². The predicted molar refractivity (Wildman–Crippen MR) is 105 cm³/mol. The molecule has 142 valence electrons. The van der Waals surface area contributed by atoms with Gasteiger partial charge in [-0.15, -0.1) is 0 Å². The molecular weight excluding hydrogens is 324 g/mol. The zero-order chi connectivity index (χ0) is 17.9. The third-order valence-corrected chi connectivity index (χ3v) is 6.33. The van der Waals surface area contributed by atoms with Crippen molar-refractivity contribution in [1.29, 1.82) is 0 Å². The lowest BCUT2D eigenvalue weighted by Gasteiger charge is -2.36. The lowest BCUT2D eigenvalue weighted by Crippen LogP contribution is -2.47. The second kappa shape index (κ2) is 7.99. The number of carbonyl (C=O) groups is 1. The fourth-order valence-electron chi connectivity index (χ4n) is 4.64. The number of amides is 1. The third-order valence-electron chi connectivity index (χ3n) is 6.33. The van der Waals surface area contributed by atoms with Crippen LogP contribution in [0.4, 0.5) is 5.69 Å². The molecule has 2 aliphatic carbocycles. The Balaban J connectivity index is 1.47. The Morgan fingerprint density at radius 3 is 2.69 bits per heavy atom. The van der Waals surface area contributed by atoms with Crippen molar-refractivity contribution in [3.63, 3.8) is 0 Å². The van der Waals surface area contributed by atoms with Gasteiger partial charge in [-0.25, -0.2) is 0 Å². The average molecular weight is 357 g/mol. The van der Waals surface area contributed by atoms with E-state index in [1.54, 1.807) is 7.11 Å². The van der Waals surface area contributed by atoms with Crippen LogP contribution >= 0.6 is 0 Å². The molecule has 26 heavy (non-hydrogen) atoms. The van der Waals surface area contributed by atoms with E-state index in [0.717, 1.165) is 43.3 Å². The number of rotatable bonds is 6. The van der Waals surface area contributed by atoms with Crippen molar-refractivity contribution in [2.75, 3.05) is 31.6 Å². The Bertz CT molecular complexity index is 635. The summed E-state index contributed by atoms with van der Waals surface area (Å²) in [5.41, 5.74) is 2.34. The summed E-state index contributed by atoms with van der Waals surface area (Å²) in [5, 5.41) is 0. The van der Waals surface area contributed by atoms with E-state index >= 15 is 0 Å². The van der Waals surface area contributed by atoms with Gasteiger partial charge in [0.05, 0.1) is 13.7 Å². The molecule has 0 saturated heterocycles. The summed E-state index contributed by atoms with van der Waals surface area (Å²) < 4.78 is 5.36. The summed E-state index contributed by atoms with van der Waals surface area (Å²) in [6.07, 6.45) is 11.3. The molecule has 3 aliphatic rings. The van der Waals surface area contributed by atoms with Crippen molar-refractivity contribution < 1.29 is 9.53 Å². The van der Waals surface area contributed by atoms with Gasteiger partial charge in [0, 0.05) is 24.8 Å². The van der Waals surface area contributed by atoms with Crippen LogP contribution < -0.4 is 9.64 Å². The Morgan fingerprint density at radius 1 is 1.15 bits per heavy atom. The normalized spacial score (nSPS) is 20.9. The van der Waals surface area contributed by atoms with Gasteiger partial charge in [-0.2, -0.15) is 0 Å². The smallest absolute Gasteiger partial charge is 0.241 e. The Kier molecular flexibility index (Phi) is 5.49. The Morgan fingerprint density at radius 2 is 1.96 bits per heavy atom. The minimum absolute atomic E-state index is 0.280. The van der Waals surface area contributed by atoms with Gasteiger partial charge >= 0.3 is 0 Å². The highest BCUT2D eigenvalue weighted by Crippen LogP contribution is 2.34. The molecular formula is C22H32N2O2. The third kappa shape index (κ3) is 4.06. The number of aryl methyl sites for hydroxylation is 1. The number of anilines is 1. The maximum atomic E-state index is 13.2. The maximum Gasteiger partial charge on any atom is 0.241 e. The molecule has 0 bridgehead atoms. The van der Waals surface area contributed by atoms with Crippen LogP contribution in [0.25, 0.3) is 0 Å². The molecule has 2 saturated carbocycles. The first-order valence-corrected chi connectivity index (χ1v) is 10.5. The minimum atomic E-state index is 0.280. The fraction of sp³-hybridized carbons (Fsp3) is 0.682. The summed E-state index contributed by atoms with van der Waals surface area (Å²) in [4.78, 5) is 17.8. The summed E-state index contributed by atoms with van der Waals surface area (Å²) >= 11 is 0. The predicted octanol–water partition coefficient (Wildman–Crippen LogP) is 4.02. The number of methoxy groups -OCH3 is 1. The van der Waals surface area contributed by atoms with Gasteiger partial charge in [0.25, 0.3) is 0 Å². The molecule has 4 rings (SSSR count). The first kappa shape index (κ1) is 17.8. The number of hydrogen-bond acceptors (Lipinski definition) is 3. The van der Waals surface area contributed by atoms with E-state index in [1.165, 1.54) is 50.5 Å². The maximum absolute atomic E-state index is 13.2. The Labute approximate surface area is 157 Å². The van der Waals surface area contributed by atoms with E-state index in [2.05, 4.69) is 17.0 Å². The Hall–Kier alpha value is -1.55. The highest BCUT2D eigenvalue weighted by atomic mass is 16.5. The van der Waals surface area contributed by atoms with Crippen LogP contribution in [0, 0.1) is 5.92 Å². The highest BCUT2D eigenvalue weighted by Gasteiger charge is 2.32. The van der Waals surface area contributed by atoms with Crippen molar-refractivity contribution in [3.05, 3.63) is 23.8 Å². The number of hydrogen-bond donors (Lipinski definition) is 0. The van der Waals surface area contributed by atoms with Gasteiger partial charge in [-0.05, 0) is 68.2 Å². The van der Waals surface area contributed by atoms with Crippen molar-refractivity contribution in [2.24, 2.45) is 5.92 Å². The summed E-state index contributed by atoms with van der Waals surface area (Å²) in [7, 11) is 1.70.